The van der Waals surface area contributed by atoms with Gasteiger partial charge in [0.1, 0.15) is 5.82 Å². The van der Waals surface area contributed by atoms with Gasteiger partial charge >= 0.3 is 5.92 Å². The molecule has 4 aromatic rings. The molecule has 3 heterocycles. The van der Waals surface area contributed by atoms with Gasteiger partial charge in [-0.05, 0) is 54.6 Å². The average Bonchev–Trinajstić information content (AvgIpc) is 3.51. The first-order valence-electron chi connectivity index (χ1n) is 11.1. The minimum Gasteiger partial charge on any atom is -0.345 e. The fourth-order valence-corrected chi connectivity index (χ4v) is 5.66. The van der Waals surface area contributed by atoms with Crippen LogP contribution >= 0.6 is 22.9 Å². The van der Waals surface area contributed by atoms with Crippen LogP contribution in [-0.4, -0.2) is 33.6 Å². The molecule has 0 bridgehead atoms. The molecule has 1 saturated heterocycles. The van der Waals surface area contributed by atoms with Gasteiger partial charge in [-0.15, -0.1) is 11.3 Å². The van der Waals surface area contributed by atoms with Crippen LogP contribution in [0.3, 0.4) is 0 Å². The number of nitrogens with zero attached hydrogens (tertiary/aromatic N) is 3. The van der Waals surface area contributed by atoms with Crippen molar-refractivity contribution in [1.29, 1.82) is 0 Å². The quantitative estimate of drug-likeness (QED) is 0.356. The maximum atomic E-state index is 13.7. The van der Waals surface area contributed by atoms with Crippen LogP contribution in [0.5, 0.6) is 0 Å². The lowest BCUT2D eigenvalue weighted by molar-refractivity contribution is -0.144. The molecule has 5 rings (SSSR count). The Morgan fingerprint density at radius 1 is 1.11 bits per heavy atom. The molecule has 1 aliphatic heterocycles. The number of benzene rings is 2. The largest absolute Gasteiger partial charge is 0.345 e. The summed E-state index contributed by atoms with van der Waals surface area (Å²) in [6.07, 6.45) is 1.63. The summed E-state index contributed by atoms with van der Waals surface area (Å²) in [7, 11) is 0. The second kappa shape index (κ2) is 8.94. The van der Waals surface area contributed by atoms with Crippen LogP contribution in [0.15, 0.2) is 60.8 Å². The summed E-state index contributed by atoms with van der Waals surface area (Å²) >= 11 is 7.37. The van der Waals surface area contributed by atoms with E-state index in [2.05, 4.69) is 10.4 Å². The van der Waals surface area contributed by atoms with Gasteiger partial charge in [0.25, 0.3) is 5.91 Å². The van der Waals surface area contributed by atoms with Crippen molar-refractivity contribution in [3.63, 3.8) is 0 Å². The number of aromatic nitrogens is 2. The lowest BCUT2D eigenvalue weighted by Crippen LogP contribution is -2.47. The summed E-state index contributed by atoms with van der Waals surface area (Å²) in [5.74, 6) is -6.49. The maximum Gasteiger partial charge on any atom is 0.321 e. The molecule has 2 amide bonds. The second-order valence-electron chi connectivity index (χ2n) is 8.75. The highest BCUT2D eigenvalue weighted by molar-refractivity contribution is 7.16. The van der Waals surface area contributed by atoms with E-state index in [-0.39, 0.29) is 11.7 Å². The summed E-state index contributed by atoms with van der Waals surface area (Å²) in [6, 6.07) is 12.9. The molecule has 0 aliphatic carbocycles. The topological polar surface area (TPSA) is 67.2 Å². The van der Waals surface area contributed by atoms with Crippen molar-refractivity contribution >= 4 is 51.3 Å². The fourth-order valence-electron chi connectivity index (χ4n) is 4.46. The summed E-state index contributed by atoms with van der Waals surface area (Å²) in [5, 5.41) is 7.50. The Kier molecular flexibility index (Phi) is 6.04. The Hall–Kier alpha value is -3.37. The van der Waals surface area contributed by atoms with E-state index in [1.165, 1.54) is 28.4 Å². The lowest BCUT2D eigenvalue weighted by atomic mass is 9.98. The first kappa shape index (κ1) is 24.3. The summed E-state index contributed by atoms with van der Waals surface area (Å²) in [6.45, 7) is 2.12. The summed E-state index contributed by atoms with van der Waals surface area (Å²) in [5.41, 5.74) is 1.92. The maximum absolute atomic E-state index is 13.7. The standard InChI is InChI=1S/C25H20ClF3N4O2S/c1-13-21(31-24(35)25(2,28)29)22(19-9-10-20(26)36-19)32(23(13)34)17-7-8-18-14(11-17)12-30-33(18)16-5-3-15(27)4-6-16/h3-13,21-22H,1-2H3,(H,31,35)/t13-,21+,22?/m1/s1. The number of alkyl halides is 2. The van der Waals surface area contributed by atoms with Crippen LogP contribution in [0.2, 0.25) is 4.34 Å². The van der Waals surface area contributed by atoms with E-state index in [1.807, 2.05) is 0 Å². The minimum atomic E-state index is -3.60. The van der Waals surface area contributed by atoms with Crippen LogP contribution in [0.1, 0.15) is 24.8 Å². The van der Waals surface area contributed by atoms with Crippen LogP contribution in [0.4, 0.5) is 18.9 Å². The van der Waals surface area contributed by atoms with Gasteiger partial charge in [0, 0.05) is 22.9 Å². The Morgan fingerprint density at radius 2 is 1.81 bits per heavy atom. The number of carbonyl (C=O) groups excluding carboxylic acids is 2. The van der Waals surface area contributed by atoms with E-state index in [4.69, 9.17) is 11.6 Å². The predicted octanol–water partition coefficient (Wildman–Crippen LogP) is 5.74. The monoisotopic (exact) mass is 532 g/mol. The Morgan fingerprint density at radius 3 is 2.44 bits per heavy atom. The number of rotatable bonds is 5. The lowest BCUT2D eigenvalue weighted by Gasteiger charge is -2.29. The number of amides is 2. The van der Waals surface area contributed by atoms with Crippen molar-refractivity contribution in [3.05, 3.63) is 75.8 Å². The van der Waals surface area contributed by atoms with Crippen LogP contribution in [-0.2, 0) is 9.59 Å². The zero-order valence-corrected chi connectivity index (χ0v) is 20.7. The highest BCUT2D eigenvalue weighted by Gasteiger charge is 2.50. The van der Waals surface area contributed by atoms with E-state index >= 15 is 0 Å². The third kappa shape index (κ3) is 4.24. The highest BCUT2D eigenvalue weighted by Crippen LogP contribution is 2.44. The fraction of sp³-hybridized carbons (Fsp3) is 0.240. The first-order chi connectivity index (χ1) is 17.0. The predicted molar refractivity (Wildman–Crippen MR) is 132 cm³/mol. The van der Waals surface area contributed by atoms with E-state index in [9.17, 15) is 22.8 Å². The smallest absolute Gasteiger partial charge is 0.321 e. The van der Waals surface area contributed by atoms with Crippen LogP contribution < -0.4 is 10.2 Å². The normalized spacial score (nSPS) is 20.3. The Balaban J connectivity index is 1.56. The molecule has 11 heteroatoms. The van der Waals surface area contributed by atoms with E-state index in [1.54, 1.807) is 60.3 Å². The van der Waals surface area contributed by atoms with Gasteiger partial charge in [0.15, 0.2) is 0 Å². The molecule has 0 saturated carbocycles. The zero-order chi connectivity index (χ0) is 25.8. The summed E-state index contributed by atoms with van der Waals surface area (Å²) in [4.78, 5) is 27.8. The molecule has 2 aromatic carbocycles. The number of fused-ring (bicyclic) bond motifs is 1. The molecule has 1 fully saturated rings. The van der Waals surface area contributed by atoms with Gasteiger partial charge in [0.2, 0.25) is 5.91 Å². The van der Waals surface area contributed by atoms with Crippen molar-refractivity contribution in [2.24, 2.45) is 5.92 Å². The van der Waals surface area contributed by atoms with Gasteiger partial charge in [-0.1, -0.05) is 18.5 Å². The number of thiophene rings is 1. The molecule has 186 valence electrons. The van der Waals surface area contributed by atoms with Crippen LogP contribution in [0, 0.1) is 11.7 Å². The number of hydrogen-bond acceptors (Lipinski definition) is 4. The molecule has 6 nitrogen and oxygen atoms in total. The minimum absolute atomic E-state index is 0.320. The molecule has 0 radical (unpaired) electrons. The highest BCUT2D eigenvalue weighted by atomic mass is 35.5. The van der Waals surface area contributed by atoms with Crippen LogP contribution in [0.25, 0.3) is 16.6 Å². The zero-order valence-electron chi connectivity index (χ0n) is 19.1. The van der Waals surface area contributed by atoms with Crippen molar-refractivity contribution in [1.82, 2.24) is 15.1 Å². The Labute approximate surface area is 213 Å². The van der Waals surface area contributed by atoms with Crippen molar-refractivity contribution in [3.8, 4) is 5.69 Å². The van der Waals surface area contributed by atoms with E-state index in [0.29, 0.717) is 32.9 Å². The number of anilines is 1. The van der Waals surface area contributed by atoms with Crippen molar-refractivity contribution in [2.45, 2.75) is 31.9 Å². The van der Waals surface area contributed by atoms with Gasteiger partial charge in [-0.25, -0.2) is 9.07 Å². The van der Waals surface area contributed by atoms with Crippen molar-refractivity contribution in [2.75, 3.05) is 4.90 Å². The molecule has 1 N–H and O–H groups in total. The molecule has 1 aliphatic rings. The third-order valence-corrected chi connectivity index (χ3v) is 7.57. The number of carbonyl (C=O) groups is 2. The molecule has 36 heavy (non-hydrogen) atoms. The molecule has 2 aromatic heterocycles. The van der Waals surface area contributed by atoms with Gasteiger partial charge < -0.3 is 10.2 Å². The molecular formula is C25H20ClF3N4O2S. The SMILES string of the molecule is C[C@H]1C(=O)N(c2ccc3c(cnn3-c3ccc(F)cc3)c2)C(c2ccc(Cl)s2)[C@H]1NC(=O)C(C)(F)F. The number of hydrogen-bond donors (Lipinski definition) is 1. The van der Waals surface area contributed by atoms with E-state index in [0.717, 1.165) is 5.52 Å². The third-order valence-electron chi connectivity index (χ3n) is 6.27. The summed E-state index contributed by atoms with van der Waals surface area (Å²) < 4.78 is 42.9. The average molecular weight is 533 g/mol. The molecule has 1 unspecified atom stereocenters. The molecule has 0 spiro atoms. The van der Waals surface area contributed by atoms with Gasteiger partial charge in [0.05, 0.1) is 39.7 Å². The number of halogens is 4. The number of nitrogens with one attached hydrogen (secondary N) is 1. The van der Waals surface area contributed by atoms with Crippen molar-refractivity contribution < 1.29 is 22.8 Å². The van der Waals surface area contributed by atoms with Gasteiger partial charge in [-0.2, -0.15) is 13.9 Å². The Bertz CT molecular complexity index is 1460. The molecule has 3 atom stereocenters. The first-order valence-corrected chi connectivity index (χ1v) is 12.2. The van der Waals surface area contributed by atoms with E-state index < -0.39 is 29.8 Å². The molecular weight excluding hydrogens is 513 g/mol. The second-order valence-corrected chi connectivity index (χ2v) is 10.5. The van der Waals surface area contributed by atoms with Gasteiger partial charge in [-0.3, -0.25) is 9.59 Å².